The first-order valence-corrected chi connectivity index (χ1v) is 8.81. The fourth-order valence-corrected chi connectivity index (χ4v) is 4.15. The van der Waals surface area contributed by atoms with Gasteiger partial charge in [0.05, 0.1) is 11.4 Å². The third-order valence-electron chi connectivity index (χ3n) is 3.38. The fourth-order valence-electron chi connectivity index (χ4n) is 2.07. The minimum absolute atomic E-state index is 0.204. The van der Waals surface area contributed by atoms with Gasteiger partial charge in [-0.3, -0.25) is 0 Å². The maximum absolute atomic E-state index is 11.3. The van der Waals surface area contributed by atoms with Crippen LogP contribution >= 0.6 is 11.8 Å². The van der Waals surface area contributed by atoms with Gasteiger partial charge in [-0.25, -0.2) is 8.42 Å². The predicted octanol–water partition coefficient (Wildman–Crippen LogP) is 1.85. The van der Waals surface area contributed by atoms with Crippen LogP contribution in [0.15, 0.2) is 0 Å². The summed E-state index contributed by atoms with van der Waals surface area (Å²) >= 11 is 1.79. The number of hydrogen-bond donors (Lipinski definition) is 1. The zero-order valence-corrected chi connectivity index (χ0v) is 11.7. The molecule has 0 spiro atoms. The highest BCUT2D eigenvalue weighted by Gasteiger charge is 2.36. The highest BCUT2D eigenvalue weighted by Crippen LogP contribution is 2.36. The number of rotatable bonds is 5. The Labute approximate surface area is 103 Å². The molecule has 1 saturated heterocycles. The van der Waals surface area contributed by atoms with Gasteiger partial charge in [-0.15, -0.1) is 0 Å². The van der Waals surface area contributed by atoms with E-state index in [2.05, 4.69) is 0 Å². The van der Waals surface area contributed by atoms with Crippen LogP contribution in [0, 0.1) is 0 Å². The molecule has 1 N–H and O–H groups in total. The van der Waals surface area contributed by atoms with E-state index in [-0.39, 0.29) is 16.8 Å². The van der Waals surface area contributed by atoms with Gasteiger partial charge in [-0.1, -0.05) is 13.8 Å². The van der Waals surface area contributed by atoms with Gasteiger partial charge in [0.25, 0.3) is 0 Å². The molecule has 5 heteroatoms. The molecule has 96 valence electrons. The highest BCUT2D eigenvalue weighted by atomic mass is 32.2. The second kappa shape index (κ2) is 5.74. The van der Waals surface area contributed by atoms with E-state index in [9.17, 15) is 13.5 Å². The van der Waals surface area contributed by atoms with Gasteiger partial charge in [0.1, 0.15) is 9.84 Å². The first-order valence-electron chi connectivity index (χ1n) is 5.94. The lowest BCUT2D eigenvalue weighted by atomic mass is 9.89. The Morgan fingerprint density at radius 3 is 2.75 bits per heavy atom. The summed E-state index contributed by atoms with van der Waals surface area (Å²) in [7, 11) is -2.88. The minimum Gasteiger partial charge on any atom is -0.389 e. The maximum Gasteiger partial charge on any atom is 0.150 e. The molecule has 1 aliphatic heterocycles. The second-order valence-electron chi connectivity index (χ2n) is 4.56. The lowest BCUT2D eigenvalue weighted by Crippen LogP contribution is -2.41. The van der Waals surface area contributed by atoms with Crippen molar-refractivity contribution in [2.24, 2.45) is 0 Å². The third-order valence-corrected chi connectivity index (χ3v) is 6.64. The molecule has 0 bridgehead atoms. The Bertz CT molecular complexity index is 313. The monoisotopic (exact) mass is 266 g/mol. The summed E-state index contributed by atoms with van der Waals surface area (Å²) in [5.41, 5.74) is -0.647. The molecule has 0 amide bonds. The van der Waals surface area contributed by atoms with Crippen molar-refractivity contribution in [3.8, 4) is 0 Å². The van der Waals surface area contributed by atoms with E-state index in [0.717, 1.165) is 18.6 Å². The van der Waals surface area contributed by atoms with Crippen LogP contribution in [0.5, 0.6) is 0 Å². The second-order valence-corrected chi connectivity index (χ2v) is 8.48. The zero-order valence-electron chi connectivity index (χ0n) is 10.1. The highest BCUT2D eigenvalue weighted by molar-refractivity contribution is 8.00. The largest absolute Gasteiger partial charge is 0.389 e. The molecule has 1 heterocycles. The predicted molar refractivity (Wildman–Crippen MR) is 69.7 cm³/mol. The average Bonchev–Trinajstić information content (AvgIpc) is 2.23. The SMILES string of the molecule is CCS(=O)(=O)CCCC1(O)CCCSC1C. The Morgan fingerprint density at radius 2 is 2.19 bits per heavy atom. The first kappa shape index (κ1) is 14.3. The molecular weight excluding hydrogens is 244 g/mol. The summed E-state index contributed by atoms with van der Waals surface area (Å²) in [6.07, 6.45) is 3.04. The van der Waals surface area contributed by atoms with Crippen LogP contribution in [-0.2, 0) is 9.84 Å². The molecule has 2 atom stereocenters. The Hall–Kier alpha value is 0.260. The van der Waals surface area contributed by atoms with E-state index in [0.29, 0.717) is 12.8 Å². The molecule has 1 rings (SSSR count). The van der Waals surface area contributed by atoms with Crippen molar-refractivity contribution in [1.82, 2.24) is 0 Å². The summed E-state index contributed by atoms with van der Waals surface area (Å²) in [5.74, 6) is 1.52. The molecule has 0 aromatic heterocycles. The summed E-state index contributed by atoms with van der Waals surface area (Å²) in [6.45, 7) is 3.71. The first-order chi connectivity index (χ1) is 7.40. The summed E-state index contributed by atoms with van der Waals surface area (Å²) < 4.78 is 22.7. The van der Waals surface area contributed by atoms with Crippen molar-refractivity contribution in [3.05, 3.63) is 0 Å². The molecule has 0 radical (unpaired) electrons. The molecule has 0 aromatic carbocycles. The quantitative estimate of drug-likeness (QED) is 0.825. The number of aliphatic hydroxyl groups is 1. The standard InChI is InChI=1S/C11H22O3S2/c1-3-16(13,14)9-5-7-11(12)6-4-8-15-10(11)2/h10,12H,3-9H2,1-2H3. The van der Waals surface area contributed by atoms with Gasteiger partial charge in [-0.2, -0.15) is 11.8 Å². The van der Waals surface area contributed by atoms with Gasteiger partial charge in [0.2, 0.25) is 0 Å². The molecular formula is C11H22O3S2. The van der Waals surface area contributed by atoms with Crippen LogP contribution in [0.4, 0.5) is 0 Å². The molecule has 0 aliphatic carbocycles. The lowest BCUT2D eigenvalue weighted by molar-refractivity contribution is 0.0204. The Kier molecular flexibility index (Phi) is 5.13. The smallest absolute Gasteiger partial charge is 0.150 e. The van der Waals surface area contributed by atoms with Gasteiger partial charge >= 0.3 is 0 Å². The van der Waals surface area contributed by atoms with Crippen LogP contribution in [0.25, 0.3) is 0 Å². The number of hydrogen-bond acceptors (Lipinski definition) is 4. The Morgan fingerprint density at radius 1 is 1.50 bits per heavy atom. The lowest BCUT2D eigenvalue weighted by Gasteiger charge is -2.37. The van der Waals surface area contributed by atoms with Gasteiger partial charge in [0.15, 0.2) is 0 Å². The minimum atomic E-state index is -2.88. The van der Waals surface area contributed by atoms with Crippen molar-refractivity contribution in [1.29, 1.82) is 0 Å². The molecule has 16 heavy (non-hydrogen) atoms. The molecule has 1 aliphatic rings. The van der Waals surface area contributed by atoms with Gasteiger partial charge < -0.3 is 5.11 Å². The third kappa shape index (κ3) is 3.93. The van der Waals surface area contributed by atoms with Crippen molar-refractivity contribution < 1.29 is 13.5 Å². The van der Waals surface area contributed by atoms with Crippen molar-refractivity contribution in [3.63, 3.8) is 0 Å². The summed E-state index contributed by atoms with van der Waals surface area (Å²) in [5, 5.41) is 10.6. The van der Waals surface area contributed by atoms with Crippen LogP contribution < -0.4 is 0 Å². The van der Waals surface area contributed by atoms with Crippen LogP contribution in [0.3, 0.4) is 0 Å². The average molecular weight is 266 g/mol. The van der Waals surface area contributed by atoms with Gasteiger partial charge in [-0.05, 0) is 31.4 Å². The Balaban J connectivity index is 2.41. The van der Waals surface area contributed by atoms with Crippen LogP contribution in [0.1, 0.15) is 39.5 Å². The van der Waals surface area contributed by atoms with E-state index in [1.54, 1.807) is 18.7 Å². The summed E-state index contributed by atoms with van der Waals surface area (Å²) in [4.78, 5) is 0. The molecule has 1 fully saturated rings. The molecule has 3 nitrogen and oxygen atoms in total. The van der Waals surface area contributed by atoms with Crippen LogP contribution in [-0.4, -0.2) is 41.6 Å². The van der Waals surface area contributed by atoms with Crippen molar-refractivity contribution >= 4 is 21.6 Å². The number of thioether (sulfide) groups is 1. The molecule has 0 aromatic rings. The van der Waals surface area contributed by atoms with E-state index in [1.807, 2.05) is 6.92 Å². The molecule has 0 saturated carbocycles. The van der Waals surface area contributed by atoms with E-state index in [1.165, 1.54) is 0 Å². The normalized spacial score (nSPS) is 31.6. The fraction of sp³-hybridized carbons (Fsp3) is 1.00. The van der Waals surface area contributed by atoms with E-state index >= 15 is 0 Å². The summed E-state index contributed by atoms with van der Waals surface area (Å²) in [6, 6.07) is 0. The molecule has 2 unspecified atom stereocenters. The van der Waals surface area contributed by atoms with Crippen molar-refractivity contribution in [2.45, 2.75) is 50.4 Å². The van der Waals surface area contributed by atoms with Gasteiger partial charge in [0, 0.05) is 11.0 Å². The van der Waals surface area contributed by atoms with E-state index < -0.39 is 15.4 Å². The van der Waals surface area contributed by atoms with Crippen LogP contribution in [0.2, 0.25) is 0 Å². The van der Waals surface area contributed by atoms with Crippen molar-refractivity contribution in [2.75, 3.05) is 17.3 Å². The van der Waals surface area contributed by atoms with E-state index in [4.69, 9.17) is 0 Å². The zero-order chi connectivity index (χ0) is 12.2. The maximum atomic E-state index is 11.3. The topological polar surface area (TPSA) is 54.4 Å². The number of sulfone groups is 1.